The molecule has 0 aromatic heterocycles. The molecule has 0 saturated carbocycles. The van der Waals surface area contributed by atoms with Crippen molar-refractivity contribution >= 4 is 0 Å². The van der Waals surface area contributed by atoms with Crippen LogP contribution in [0.2, 0.25) is 0 Å². The van der Waals surface area contributed by atoms with Gasteiger partial charge in [0.15, 0.2) is 0 Å². The number of nitrogens with zero attached hydrogens (tertiary/aromatic N) is 1. The van der Waals surface area contributed by atoms with E-state index in [-0.39, 0.29) is 0 Å². The van der Waals surface area contributed by atoms with E-state index in [9.17, 15) is 0 Å². The molecule has 15 heavy (non-hydrogen) atoms. The highest BCUT2D eigenvalue weighted by molar-refractivity contribution is 4.79. The molecular weight excluding hydrogens is 186 g/mol. The van der Waals surface area contributed by atoms with E-state index >= 15 is 0 Å². The second-order valence-corrected chi connectivity index (χ2v) is 5.04. The summed E-state index contributed by atoms with van der Waals surface area (Å²) in [7, 11) is 0. The molecule has 2 N–H and O–H groups in total. The van der Waals surface area contributed by atoms with E-state index in [0.29, 0.717) is 6.04 Å². The fourth-order valence-electron chi connectivity index (χ4n) is 2.71. The molecule has 0 aromatic carbocycles. The van der Waals surface area contributed by atoms with E-state index in [1.54, 1.807) is 0 Å². The summed E-state index contributed by atoms with van der Waals surface area (Å²) in [5.41, 5.74) is 0. The van der Waals surface area contributed by atoms with Crippen LogP contribution in [0.1, 0.15) is 32.6 Å². The molecule has 0 aliphatic carbocycles. The Morgan fingerprint density at radius 1 is 1.33 bits per heavy atom. The zero-order valence-electron chi connectivity index (χ0n) is 9.97. The van der Waals surface area contributed by atoms with Crippen molar-refractivity contribution in [3.05, 3.63) is 0 Å². The molecule has 0 spiro atoms. The normalized spacial score (nSPS) is 29.8. The Bertz CT molecular complexity index is 172. The molecule has 2 saturated heterocycles. The van der Waals surface area contributed by atoms with Crippen LogP contribution in [0.15, 0.2) is 0 Å². The summed E-state index contributed by atoms with van der Waals surface area (Å²) in [4.78, 5) is 2.61. The van der Waals surface area contributed by atoms with E-state index in [0.717, 1.165) is 19.1 Å². The Hall–Kier alpha value is -0.120. The van der Waals surface area contributed by atoms with E-state index in [2.05, 4.69) is 22.5 Å². The lowest BCUT2D eigenvalue weighted by atomic mass is 10.2. The summed E-state index contributed by atoms with van der Waals surface area (Å²) in [6, 6.07) is 1.45. The molecule has 2 unspecified atom stereocenters. The molecule has 0 radical (unpaired) electrons. The fourth-order valence-corrected chi connectivity index (χ4v) is 2.71. The number of rotatable bonds is 5. The van der Waals surface area contributed by atoms with Crippen LogP contribution >= 0.6 is 0 Å². The van der Waals surface area contributed by atoms with Crippen molar-refractivity contribution in [1.29, 1.82) is 0 Å². The largest absolute Gasteiger partial charge is 0.314 e. The van der Waals surface area contributed by atoms with Gasteiger partial charge < -0.3 is 10.6 Å². The summed E-state index contributed by atoms with van der Waals surface area (Å²) in [5.74, 6) is 0. The Morgan fingerprint density at radius 2 is 2.13 bits per heavy atom. The molecule has 2 aliphatic heterocycles. The van der Waals surface area contributed by atoms with Gasteiger partial charge in [-0.3, -0.25) is 4.90 Å². The zero-order valence-corrected chi connectivity index (χ0v) is 9.97. The van der Waals surface area contributed by atoms with E-state index in [4.69, 9.17) is 0 Å². The maximum atomic E-state index is 3.60. The van der Waals surface area contributed by atoms with Crippen LogP contribution in [0, 0.1) is 0 Å². The first-order chi connectivity index (χ1) is 7.36. The molecule has 88 valence electrons. The van der Waals surface area contributed by atoms with Gasteiger partial charge in [-0.1, -0.05) is 0 Å². The zero-order chi connectivity index (χ0) is 10.5. The van der Waals surface area contributed by atoms with Gasteiger partial charge in [-0.15, -0.1) is 0 Å². The van der Waals surface area contributed by atoms with Gasteiger partial charge in [0.1, 0.15) is 0 Å². The van der Waals surface area contributed by atoms with Crippen LogP contribution in [-0.2, 0) is 0 Å². The van der Waals surface area contributed by atoms with E-state index in [1.807, 2.05) is 0 Å². The minimum Gasteiger partial charge on any atom is -0.314 e. The van der Waals surface area contributed by atoms with Crippen LogP contribution in [0.3, 0.4) is 0 Å². The summed E-state index contributed by atoms with van der Waals surface area (Å²) in [5, 5.41) is 7.12. The maximum Gasteiger partial charge on any atom is 0.0192 e. The Balaban J connectivity index is 1.56. The monoisotopic (exact) mass is 211 g/mol. The summed E-state index contributed by atoms with van der Waals surface area (Å²) in [6.07, 6.45) is 5.50. The molecule has 2 rings (SSSR count). The summed E-state index contributed by atoms with van der Waals surface area (Å²) < 4.78 is 0. The van der Waals surface area contributed by atoms with Gasteiger partial charge in [-0.25, -0.2) is 0 Å². The molecule has 3 nitrogen and oxygen atoms in total. The predicted molar refractivity (Wildman–Crippen MR) is 64.2 cm³/mol. The summed E-state index contributed by atoms with van der Waals surface area (Å²) >= 11 is 0. The topological polar surface area (TPSA) is 27.3 Å². The van der Waals surface area contributed by atoms with Gasteiger partial charge in [-0.2, -0.15) is 0 Å². The number of hydrogen-bond donors (Lipinski definition) is 2. The lowest BCUT2D eigenvalue weighted by Crippen LogP contribution is -2.42. The third kappa shape index (κ3) is 3.44. The first-order valence-corrected chi connectivity index (χ1v) is 6.54. The molecular formula is C12H25N3. The first-order valence-electron chi connectivity index (χ1n) is 6.54. The van der Waals surface area contributed by atoms with Crippen LogP contribution in [-0.4, -0.2) is 49.7 Å². The van der Waals surface area contributed by atoms with Crippen molar-refractivity contribution in [1.82, 2.24) is 15.5 Å². The maximum absolute atomic E-state index is 3.60. The molecule has 0 aromatic rings. The highest BCUT2D eigenvalue weighted by Gasteiger charge is 2.18. The quantitative estimate of drug-likeness (QED) is 0.705. The van der Waals surface area contributed by atoms with Gasteiger partial charge in [0.2, 0.25) is 0 Å². The Labute approximate surface area is 93.6 Å². The molecule has 2 aliphatic rings. The standard InChI is InChI=1S/C12H25N3/c1-11(15-7-2-3-8-15)9-13-10-12-5-4-6-14-12/h11-14H,2-10H2,1H3. The van der Waals surface area contributed by atoms with Crippen molar-refractivity contribution in [2.75, 3.05) is 32.7 Å². The molecule has 2 heterocycles. The first kappa shape index (κ1) is 11.4. The van der Waals surface area contributed by atoms with Crippen molar-refractivity contribution in [3.63, 3.8) is 0 Å². The van der Waals surface area contributed by atoms with Crippen molar-refractivity contribution in [2.24, 2.45) is 0 Å². The Morgan fingerprint density at radius 3 is 2.80 bits per heavy atom. The highest BCUT2D eigenvalue weighted by Crippen LogP contribution is 2.10. The van der Waals surface area contributed by atoms with E-state index < -0.39 is 0 Å². The third-order valence-electron chi connectivity index (χ3n) is 3.76. The molecule has 2 fully saturated rings. The average molecular weight is 211 g/mol. The predicted octanol–water partition coefficient (Wildman–Crippen LogP) is 0.812. The van der Waals surface area contributed by atoms with Crippen molar-refractivity contribution in [2.45, 2.75) is 44.7 Å². The van der Waals surface area contributed by atoms with Gasteiger partial charge in [0, 0.05) is 25.2 Å². The lowest BCUT2D eigenvalue weighted by Gasteiger charge is -2.24. The van der Waals surface area contributed by atoms with Gasteiger partial charge >= 0.3 is 0 Å². The van der Waals surface area contributed by atoms with Gasteiger partial charge in [-0.05, 0) is 52.2 Å². The number of nitrogens with one attached hydrogen (secondary N) is 2. The second-order valence-electron chi connectivity index (χ2n) is 5.04. The fraction of sp³-hybridized carbons (Fsp3) is 1.00. The number of likely N-dealkylation sites (tertiary alicyclic amines) is 1. The summed E-state index contributed by atoms with van der Waals surface area (Å²) in [6.45, 7) is 8.49. The third-order valence-corrected chi connectivity index (χ3v) is 3.76. The minimum absolute atomic E-state index is 0.717. The van der Waals surface area contributed by atoms with Gasteiger partial charge in [0.25, 0.3) is 0 Å². The molecule has 0 amide bonds. The minimum atomic E-state index is 0.717. The Kier molecular flexibility index (Phi) is 4.42. The van der Waals surface area contributed by atoms with Crippen LogP contribution in [0.25, 0.3) is 0 Å². The van der Waals surface area contributed by atoms with Crippen LogP contribution in [0.5, 0.6) is 0 Å². The van der Waals surface area contributed by atoms with Gasteiger partial charge in [0.05, 0.1) is 0 Å². The van der Waals surface area contributed by atoms with Crippen molar-refractivity contribution < 1.29 is 0 Å². The lowest BCUT2D eigenvalue weighted by molar-refractivity contribution is 0.250. The smallest absolute Gasteiger partial charge is 0.0192 e. The highest BCUT2D eigenvalue weighted by atomic mass is 15.2. The average Bonchev–Trinajstić information content (AvgIpc) is 2.90. The SMILES string of the molecule is CC(CNCC1CCCN1)N1CCCC1. The molecule has 2 atom stereocenters. The molecule has 0 bridgehead atoms. The van der Waals surface area contributed by atoms with E-state index in [1.165, 1.54) is 45.3 Å². The second kappa shape index (κ2) is 5.83. The van der Waals surface area contributed by atoms with Crippen molar-refractivity contribution in [3.8, 4) is 0 Å². The van der Waals surface area contributed by atoms with Crippen LogP contribution < -0.4 is 10.6 Å². The number of hydrogen-bond acceptors (Lipinski definition) is 3. The van der Waals surface area contributed by atoms with Crippen LogP contribution in [0.4, 0.5) is 0 Å². The molecule has 3 heteroatoms.